The predicted molar refractivity (Wildman–Crippen MR) is 107 cm³/mol. The van der Waals surface area contributed by atoms with E-state index >= 15 is 0 Å². The zero-order valence-corrected chi connectivity index (χ0v) is 16.6. The van der Waals surface area contributed by atoms with Crippen molar-refractivity contribution in [1.82, 2.24) is 10.2 Å². The van der Waals surface area contributed by atoms with E-state index in [2.05, 4.69) is 5.32 Å². The number of amides is 1. The first-order chi connectivity index (χ1) is 12.1. The SMILES string of the molecule is COc1cc(CC(=O)N2CCNCC2c2cccc(Cl)c2)ccc1C.Cl. The third-order valence-electron chi connectivity index (χ3n) is 4.63. The number of carbonyl (C=O) groups is 1. The summed E-state index contributed by atoms with van der Waals surface area (Å²) in [5.74, 6) is 0.939. The number of benzene rings is 2. The molecule has 1 N–H and O–H groups in total. The maximum absolute atomic E-state index is 12.9. The molecule has 2 aromatic rings. The average molecular weight is 395 g/mol. The lowest BCUT2D eigenvalue weighted by atomic mass is 10.0. The smallest absolute Gasteiger partial charge is 0.227 e. The highest BCUT2D eigenvalue weighted by Crippen LogP contribution is 2.26. The average Bonchev–Trinajstić information content (AvgIpc) is 2.63. The van der Waals surface area contributed by atoms with Crippen molar-refractivity contribution in [1.29, 1.82) is 0 Å². The molecule has 26 heavy (non-hydrogen) atoms. The number of piperazine rings is 1. The fourth-order valence-electron chi connectivity index (χ4n) is 3.27. The van der Waals surface area contributed by atoms with Gasteiger partial charge in [-0.25, -0.2) is 0 Å². The molecule has 1 aliphatic heterocycles. The van der Waals surface area contributed by atoms with E-state index in [1.54, 1.807) is 7.11 Å². The standard InChI is InChI=1S/C20H23ClN2O2.ClH/c1-14-6-7-15(10-19(14)25-2)11-20(24)23-9-8-22-13-18(23)16-4-3-5-17(21)12-16;/h3-7,10,12,18,22H,8-9,11,13H2,1-2H3;1H. The van der Waals surface area contributed by atoms with Crippen LogP contribution in [0.15, 0.2) is 42.5 Å². The van der Waals surface area contributed by atoms with Crippen LogP contribution in [0.5, 0.6) is 5.75 Å². The van der Waals surface area contributed by atoms with E-state index in [4.69, 9.17) is 16.3 Å². The molecular formula is C20H24Cl2N2O2. The molecule has 3 rings (SSSR count). The van der Waals surface area contributed by atoms with E-state index in [1.807, 2.05) is 54.3 Å². The van der Waals surface area contributed by atoms with Gasteiger partial charge >= 0.3 is 0 Å². The third kappa shape index (κ3) is 4.70. The van der Waals surface area contributed by atoms with Gasteiger partial charge < -0.3 is 15.0 Å². The van der Waals surface area contributed by atoms with Gasteiger partial charge in [0, 0.05) is 24.7 Å². The predicted octanol–water partition coefficient (Wildman–Crippen LogP) is 3.79. The van der Waals surface area contributed by atoms with Crippen LogP contribution >= 0.6 is 24.0 Å². The summed E-state index contributed by atoms with van der Waals surface area (Å²) in [7, 11) is 1.65. The Morgan fingerprint density at radius 3 is 2.85 bits per heavy atom. The highest BCUT2D eigenvalue weighted by Gasteiger charge is 2.28. The number of hydrogen-bond acceptors (Lipinski definition) is 3. The van der Waals surface area contributed by atoms with Crippen molar-refractivity contribution in [3.63, 3.8) is 0 Å². The molecule has 0 aromatic heterocycles. The molecular weight excluding hydrogens is 371 g/mol. The zero-order valence-electron chi connectivity index (χ0n) is 15.0. The first-order valence-electron chi connectivity index (χ1n) is 8.47. The number of rotatable bonds is 4. The van der Waals surface area contributed by atoms with Gasteiger partial charge in [0.15, 0.2) is 0 Å². The highest BCUT2D eigenvalue weighted by atomic mass is 35.5. The van der Waals surface area contributed by atoms with E-state index in [1.165, 1.54) is 0 Å². The summed E-state index contributed by atoms with van der Waals surface area (Å²) in [6.07, 6.45) is 0.369. The van der Waals surface area contributed by atoms with Crippen LogP contribution < -0.4 is 10.1 Å². The molecule has 0 bridgehead atoms. The number of halogens is 2. The number of nitrogens with zero attached hydrogens (tertiary/aromatic N) is 1. The minimum atomic E-state index is 0. The molecule has 1 amide bonds. The molecule has 1 fully saturated rings. The number of nitrogens with one attached hydrogen (secondary N) is 1. The molecule has 1 aliphatic rings. The van der Waals surface area contributed by atoms with E-state index < -0.39 is 0 Å². The number of hydrogen-bond donors (Lipinski definition) is 1. The van der Waals surface area contributed by atoms with Gasteiger partial charge in [-0.3, -0.25) is 4.79 Å². The van der Waals surface area contributed by atoms with Crippen molar-refractivity contribution in [3.05, 3.63) is 64.2 Å². The molecule has 1 saturated heterocycles. The van der Waals surface area contributed by atoms with Gasteiger partial charge in [-0.1, -0.05) is 35.9 Å². The monoisotopic (exact) mass is 394 g/mol. The summed E-state index contributed by atoms with van der Waals surface area (Å²) in [4.78, 5) is 14.9. The Kier molecular flexibility index (Phi) is 7.33. The van der Waals surface area contributed by atoms with Gasteiger partial charge in [0.25, 0.3) is 0 Å². The number of ether oxygens (including phenoxy) is 1. The van der Waals surface area contributed by atoms with E-state index in [0.29, 0.717) is 18.0 Å². The number of carbonyl (C=O) groups excluding carboxylic acids is 1. The van der Waals surface area contributed by atoms with Crippen molar-refractivity contribution in [2.24, 2.45) is 0 Å². The molecule has 4 nitrogen and oxygen atoms in total. The first-order valence-corrected chi connectivity index (χ1v) is 8.85. The summed E-state index contributed by atoms with van der Waals surface area (Å²) >= 11 is 6.13. The largest absolute Gasteiger partial charge is 0.496 e. The summed E-state index contributed by atoms with van der Waals surface area (Å²) in [6, 6.07) is 13.7. The molecule has 1 heterocycles. The third-order valence-corrected chi connectivity index (χ3v) is 4.86. The molecule has 0 radical (unpaired) electrons. The Hall–Kier alpha value is -1.75. The summed E-state index contributed by atoms with van der Waals surface area (Å²) in [5, 5.41) is 4.06. The zero-order chi connectivity index (χ0) is 17.8. The molecule has 1 unspecified atom stereocenters. The van der Waals surface area contributed by atoms with Crippen LogP contribution in [0, 0.1) is 6.92 Å². The second-order valence-electron chi connectivity index (χ2n) is 6.34. The van der Waals surface area contributed by atoms with Crippen molar-refractivity contribution >= 4 is 29.9 Å². The fraction of sp³-hybridized carbons (Fsp3) is 0.350. The van der Waals surface area contributed by atoms with Crippen LogP contribution in [-0.4, -0.2) is 37.6 Å². The summed E-state index contributed by atoms with van der Waals surface area (Å²) < 4.78 is 5.37. The van der Waals surface area contributed by atoms with Crippen LogP contribution in [0.4, 0.5) is 0 Å². The van der Waals surface area contributed by atoms with E-state index in [0.717, 1.165) is 35.5 Å². The second-order valence-corrected chi connectivity index (χ2v) is 6.78. The van der Waals surface area contributed by atoms with E-state index in [9.17, 15) is 4.79 Å². The van der Waals surface area contributed by atoms with Gasteiger partial charge in [0.1, 0.15) is 5.75 Å². The van der Waals surface area contributed by atoms with Crippen molar-refractivity contribution < 1.29 is 9.53 Å². The van der Waals surface area contributed by atoms with Crippen molar-refractivity contribution in [3.8, 4) is 5.75 Å². The second kappa shape index (κ2) is 9.26. The van der Waals surface area contributed by atoms with Crippen LogP contribution in [0.2, 0.25) is 5.02 Å². The molecule has 140 valence electrons. The minimum absolute atomic E-state index is 0. The molecule has 1 atom stereocenters. The van der Waals surface area contributed by atoms with Crippen LogP contribution in [-0.2, 0) is 11.2 Å². The lowest BCUT2D eigenvalue weighted by molar-refractivity contribution is -0.133. The van der Waals surface area contributed by atoms with E-state index in [-0.39, 0.29) is 24.4 Å². The van der Waals surface area contributed by atoms with Gasteiger partial charge in [0.05, 0.1) is 19.6 Å². The normalized spacial score (nSPS) is 16.7. The van der Waals surface area contributed by atoms with Crippen molar-refractivity contribution in [2.75, 3.05) is 26.7 Å². The molecule has 6 heteroatoms. The number of aryl methyl sites for hydroxylation is 1. The molecule has 0 spiro atoms. The molecule has 0 aliphatic carbocycles. The lowest BCUT2D eigenvalue weighted by Crippen LogP contribution is -2.49. The lowest BCUT2D eigenvalue weighted by Gasteiger charge is -2.36. The van der Waals surface area contributed by atoms with Crippen LogP contribution in [0.3, 0.4) is 0 Å². The van der Waals surface area contributed by atoms with Crippen LogP contribution in [0.1, 0.15) is 22.7 Å². The Bertz CT molecular complexity index is 767. The Labute approximate surface area is 165 Å². The molecule has 2 aromatic carbocycles. The topological polar surface area (TPSA) is 41.6 Å². The maximum Gasteiger partial charge on any atom is 0.227 e. The van der Waals surface area contributed by atoms with Crippen LogP contribution in [0.25, 0.3) is 0 Å². The number of methoxy groups -OCH3 is 1. The van der Waals surface area contributed by atoms with Gasteiger partial charge in [0.2, 0.25) is 5.91 Å². The first kappa shape index (κ1) is 20.6. The molecule has 0 saturated carbocycles. The quantitative estimate of drug-likeness (QED) is 0.857. The Morgan fingerprint density at radius 1 is 1.31 bits per heavy atom. The van der Waals surface area contributed by atoms with Gasteiger partial charge in [-0.2, -0.15) is 0 Å². The fourth-order valence-corrected chi connectivity index (χ4v) is 3.46. The van der Waals surface area contributed by atoms with Crippen molar-refractivity contribution in [2.45, 2.75) is 19.4 Å². The summed E-state index contributed by atoms with van der Waals surface area (Å²) in [5.41, 5.74) is 3.10. The summed E-state index contributed by atoms with van der Waals surface area (Å²) in [6.45, 7) is 4.23. The minimum Gasteiger partial charge on any atom is -0.496 e. The van der Waals surface area contributed by atoms with Gasteiger partial charge in [-0.15, -0.1) is 12.4 Å². The highest BCUT2D eigenvalue weighted by molar-refractivity contribution is 6.30. The maximum atomic E-state index is 12.9. The van der Waals surface area contributed by atoms with Gasteiger partial charge in [-0.05, 0) is 41.8 Å². The Balaban J connectivity index is 0.00000243. The Morgan fingerprint density at radius 2 is 2.12 bits per heavy atom.